The summed E-state index contributed by atoms with van der Waals surface area (Å²) in [6.07, 6.45) is 2.40. The van der Waals surface area contributed by atoms with Crippen LogP contribution in [0.4, 0.5) is 11.5 Å². The van der Waals surface area contributed by atoms with E-state index in [1.807, 2.05) is 24.3 Å². The molecule has 1 aromatic heterocycles. The van der Waals surface area contributed by atoms with Gasteiger partial charge in [0, 0.05) is 18.3 Å². The summed E-state index contributed by atoms with van der Waals surface area (Å²) in [4.78, 5) is 20.7. The van der Waals surface area contributed by atoms with E-state index in [1.54, 1.807) is 6.07 Å². The van der Waals surface area contributed by atoms with Gasteiger partial charge in [-0.1, -0.05) is 45.9 Å². The minimum atomic E-state index is -0.233. The molecular formula is C18H24N4O. The van der Waals surface area contributed by atoms with Crippen LogP contribution in [0.3, 0.4) is 0 Å². The van der Waals surface area contributed by atoms with E-state index in [4.69, 9.17) is 0 Å². The van der Waals surface area contributed by atoms with E-state index in [-0.39, 0.29) is 11.3 Å². The fraction of sp³-hybridized carbons (Fsp3) is 0.389. The summed E-state index contributed by atoms with van der Waals surface area (Å²) in [5.41, 5.74) is 2.20. The second kappa shape index (κ2) is 7.22. The van der Waals surface area contributed by atoms with Gasteiger partial charge in [0.2, 0.25) is 0 Å². The predicted molar refractivity (Wildman–Crippen MR) is 93.9 cm³/mol. The fourth-order valence-corrected chi connectivity index (χ4v) is 2.26. The molecule has 0 bridgehead atoms. The number of benzene rings is 1. The first-order valence-corrected chi connectivity index (χ1v) is 7.88. The molecule has 0 saturated heterocycles. The Morgan fingerprint density at radius 1 is 1.17 bits per heavy atom. The molecule has 2 N–H and O–H groups in total. The van der Waals surface area contributed by atoms with Crippen LogP contribution in [0.1, 0.15) is 50.2 Å². The van der Waals surface area contributed by atoms with Crippen molar-refractivity contribution in [2.24, 2.45) is 0 Å². The average Bonchev–Trinajstić information content (AvgIpc) is 2.52. The third-order valence-electron chi connectivity index (χ3n) is 3.44. The number of nitrogens with one attached hydrogen (secondary N) is 2. The first kappa shape index (κ1) is 16.9. The van der Waals surface area contributed by atoms with Crippen LogP contribution in [-0.2, 0) is 5.41 Å². The van der Waals surface area contributed by atoms with Crippen molar-refractivity contribution < 1.29 is 4.79 Å². The second-order valence-corrected chi connectivity index (χ2v) is 6.46. The summed E-state index contributed by atoms with van der Waals surface area (Å²) in [6, 6.07) is 9.51. The maximum atomic E-state index is 12.5. The highest BCUT2D eigenvalue weighted by molar-refractivity contribution is 6.03. The zero-order valence-electron chi connectivity index (χ0n) is 14.2. The Labute approximate surface area is 137 Å². The van der Waals surface area contributed by atoms with Gasteiger partial charge >= 0.3 is 0 Å². The molecule has 5 nitrogen and oxygen atoms in total. The number of rotatable bonds is 5. The number of anilines is 2. The van der Waals surface area contributed by atoms with Gasteiger partial charge in [-0.25, -0.2) is 9.97 Å². The highest BCUT2D eigenvalue weighted by atomic mass is 16.1. The Hall–Kier alpha value is -2.43. The SMILES string of the molecule is CCCNc1cc(C(=O)Nc2ccccc2C(C)(C)C)ncn1. The normalized spacial score (nSPS) is 11.1. The van der Waals surface area contributed by atoms with E-state index in [0.717, 1.165) is 24.2 Å². The van der Waals surface area contributed by atoms with Crippen LogP contribution in [0, 0.1) is 0 Å². The monoisotopic (exact) mass is 312 g/mol. The number of para-hydroxylation sites is 1. The van der Waals surface area contributed by atoms with Gasteiger partial charge in [-0.3, -0.25) is 4.79 Å². The molecule has 1 heterocycles. The Balaban J connectivity index is 2.20. The Morgan fingerprint density at radius 2 is 1.91 bits per heavy atom. The summed E-state index contributed by atoms with van der Waals surface area (Å²) in [5, 5.41) is 6.12. The molecule has 1 aromatic carbocycles. The fourth-order valence-electron chi connectivity index (χ4n) is 2.26. The molecule has 23 heavy (non-hydrogen) atoms. The third kappa shape index (κ3) is 4.52. The number of hydrogen-bond acceptors (Lipinski definition) is 4. The number of carbonyl (C=O) groups is 1. The number of nitrogens with zero attached hydrogens (tertiary/aromatic N) is 2. The standard InChI is InChI=1S/C18H24N4O/c1-5-10-19-16-11-15(20-12-21-16)17(23)22-14-9-7-6-8-13(14)18(2,3)4/h6-9,11-12H,5,10H2,1-4H3,(H,22,23)(H,19,20,21). The highest BCUT2D eigenvalue weighted by Crippen LogP contribution is 2.29. The minimum absolute atomic E-state index is 0.0522. The van der Waals surface area contributed by atoms with Crippen molar-refractivity contribution in [2.75, 3.05) is 17.2 Å². The molecule has 0 spiro atoms. The van der Waals surface area contributed by atoms with Gasteiger partial charge in [-0.2, -0.15) is 0 Å². The maximum absolute atomic E-state index is 12.5. The molecule has 0 fully saturated rings. The minimum Gasteiger partial charge on any atom is -0.370 e. The molecule has 0 aliphatic heterocycles. The molecule has 0 aliphatic carbocycles. The van der Waals surface area contributed by atoms with Crippen molar-refractivity contribution in [1.29, 1.82) is 0 Å². The van der Waals surface area contributed by atoms with Gasteiger partial charge in [0.25, 0.3) is 5.91 Å². The van der Waals surface area contributed by atoms with Gasteiger partial charge in [-0.05, 0) is 23.5 Å². The predicted octanol–water partition coefficient (Wildman–Crippen LogP) is 3.85. The van der Waals surface area contributed by atoms with E-state index in [2.05, 4.69) is 48.3 Å². The molecule has 0 atom stereocenters. The summed E-state index contributed by atoms with van der Waals surface area (Å²) in [7, 11) is 0. The number of carbonyl (C=O) groups excluding carboxylic acids is 1. The number of aromatic nitrogens is 2. The van der Waals surface area contributed by atoms with Gasteiger partial charge in [0.05, 0.1) is 0 Å². The van der Waals surface area contributed by atoms with E-state index < -0.39 is 0 Å². The highest BCUT2D eigenvalue weighted by Gasteiger charge is 2.19. The smallest absolute Gasteiger partial charge is 0.274 e. The van der Waals surface area contributed by atoms with Crippen molar-refractivity contribution in [3.05, 3.63) is 47.9 Å². The van der Waals surface area contributed by atoms with E-state index in [0.29, 0.717) is 11.5 Å². The van der Waals surface area contributed by atoms with Crippen LogP contribution in [0.2, 0.25) is 0 Å². The molecule has 0 unspecified atom stereocenters. The van der Waals surface area contributed by atoms with Gasteiger partial charge < -0.3 is 10.6 Å². The first-order chi connectivity index (χ1) is 10.9. The maximum Gasteiger partial charge on any atom is 0.274 e. The van der Waals surface area contributed by atoms with E-state index in [1.165, 1.54) is 6.33 Å². The topological polar surface area (TPSA) is 66.9 Å². The van der Waals surface area contributed by atoms with Crippen molar-refractivity contribution in [2.45, 2.75) is 39.5 Å². The molecular weight excluding hydrogens is 288 g/mol. The molecule has 2 rings (SSSR count). The lowest BCUT2D eigenvalue weighted by molar-refractivity contribution is 0.102. The van der Waals surface area contributed by atoms with Crippen molar-refractivity contribution in [3.63, 3.8) is 0 Å². The second-order valence-electron chi connectivity index (χ2n) is 6.46. The van der Waals surface area contributed by atoms with E-state index >= 15 is 0 Å². The lowest BCUT2D eigenvalue weighted by Crippen LogP contribution is -2.19. The number of hydrogen-bond donors (Lipinski definition) is 2. The third-order valence-corrected chi connectivity index (χ3v) is 3.44. The zero-order valence-corrected chi connectivity index (χ0v) is 14.2. The van der Waals surface area contributed by atoms with Gasteiger partial charge in [-0.15, -0.1) is 0 Å². The van der Waals surface area contributed by atoms with Crippen molar-refractivity contribution in [3.8, 4) is 0 Å². The van der Waals surface area contributed by atoms with Crippen LogP contribution < -0.4 is 10.6 Å². The van der Waals surface area contributed by atoms with Gasteiger partial charge in [0.1, 0.15) is 17.8 Å². The lowest BCUT2D eigenvalue weighted by Gasteiger charge is -2.22. The van der Waals surface area contributed by atoms with E-state index in [9.17, 15) is 4.79 Å². The summed E-state index contributed by atoms with van der Waals surface area (Å²) in [5.74, 6) is 0.430. The van der Waals surface area contributed by atoms with Crippen LogP contribution in [0.15, 0.2) is 36.7 Å². The average molecular weight is 312 g/mol. The largest absolute Gasteiger partial charge is 0.370 e. The summed E-state index contributed by atoms with van der Waals surface area (Å²) < 4.78 is 0. The summed E-state index contributed by atoms with van der Waals surface area (Å²) in [6.45, 7) is 9.25. The van der Waals surface area contributed by atoms with Crippen molar-refractivity contribution >= 4 is 17.4 Å². The molecule has 122 valence electrons. The van der Waals surface area contributed by atoms with Crippen LogP contribution >= 0.6 is 0 Å². The molecule has 5 heteroatoms. The van der Waals surface area contributed by atoms with Crippen LogP contribution in [0.5, 0.6) is 0 Å². The first-order valence-electron chi connectivity index (χ1n) is 7.88. The van der Waals surface area contributed by atoms with Crippen molar-refractivity contribution in [1.82, 2.24) is 9.97 Å². The zero-order chi connectivity index (χ0) is 16.9. The Morgan fingerprint density at radius 3 is 2.61 bits per heavy atom. The summed E-state index contributed by atoms with van der Waals surface area (Å²) >= 11 is 0. The molecule has 0 radical (unpaired) electrons. The molecule has 2 aromatic rings. The Kier molecular flexibility index (Phi) is 5.32. The molecule has 1 amide bonds. The lowest BCUT2D eigenvalue weighted by atomic mass is 9.86. The van der Waals surface area contributed by atoms with Gasteiger partial charge in [0.15, 0.2) is 0 Å². The molecule has 0 aliphatic rings. The molecule has 0 saturated carbocycles. The van der Waals surface area contributed by atoms with Crippen LogP contribution in [-0.4, -0.2) is 22.4 Å². The number of amides is 1. The quantitative estimate of drug-likeness (QED) is 0.880. The van der Waals surface area contributed by atoms with Crippen LogP contribution in [0.25, 0.3) is 0 Å². The Bertz CT molecular complexity index is 677.